The van der Waals surface area contributed by atoms with E-state index < -0.39 is 30.4 Å². The zero-order valence-electron chi connectivity index (χ0n) is 12.7. The monoisotopic (exact) mass is 314 g/mol. The summed E-state index contributed by atoms with van der Waals surface area (Å²) in [5, 5.41) is 5.04. The third-order valence-electron chi connectivity index (χ3n) is 3.16. The van der Waals surface area contributed by atoms with Gasteiger partial charge in [-0.05, 0) is 32.9 Å². The second-order valence-corrected chi connectivity index (χ2v) is 4.85. The van der Waals surface area contributed by atoms with Crippen LogP contribution in [0.5, 0.6) is 0 Å². The summed E-state index contributed by atoms with van der Waals surface area (Å²) in [6.07, 6.45) is -2.60. The van der Waals surface area contributed by atoms with E-state index in [-0.39, 0.29) is 17.9 Å². The number of hydrogen-bond donors (Lipinski definition) is 2. The topological polar surface area (TPSA) is 67.4 Å². The Morgan fingerprint density at radius 3 is 2.55 bits per heavy atom. The van der Waals surface area contributed by atoms with Crippen LogP contribution in [0.3, 0.4) is 0 Å². The average molecular weight is 314 g/mol. The fourth-order valence-corrected chi connectivity index (χ4v) is 1.73. The van der Waals surface area contributed by atoms with Crippen molar-refractivity contribution in [3.8, 4) is 0 Å². The molecule has 122 valence electrons. The van der Waals surface area contributed by atoms with E-state index in [1.165, 1.54) is 24.3 Å². The molecular formula is C15H20F2N2O3. The van der Waals surface area contributed by atoms with Gasteiger partial charge in [0.15, 0.2) is 0 Å². The third kappa shape index (κ3) is 5.31. The first-order valence-corrected chi connectivity index (χ1v) is 6.97. The number of hydrogen-bond acceptors (Lipinski definition) is 3. The molecule has 2 amide bonds. The van der Waals surface area contributed by atoms with E-state index in [9.17, 15) is 18.4 Å². The van der Waals surface area contributed by atoms with E-state index in [4.69, 9.17) is 4.74 Å². The van der Waals surface area contributed by atoms with Crippen LogP contribution in [0.1, 0.15) is 32.8 Å². The van der Waals surface area contributed by atoms with E-state index in [1.807, 2.05) is 0 Å². The van der Waals surface area contributed by atoms with Crippen molar-refractivity contribution in [2.24, 2.45) is 5.92 Å². The molecule has 22 heavy (non-hydrogen) atoms. The number of nitrogens with one attached hydrogen (secondary N) is 2. The van der Waals surface area contributed by atoms with E-state index >= 15 is 0 Å². The van der Waals surface area contributed by atoms with Crippen molar-refractivity contribution >= 4 is 17.7 Å². The van der Waals surface area contributed by atoms with Crippen LogP contribution in [-0.4, -0.2) is 24.6 Å². The van der Waals surface area contributed by atoms with Gasteiger partial charge in [-0.25, -0.2) is 13.6 Å². The minimum atomic E-state index is -2.60. The van der Waals surface area contributed by atoms with Gasteiger partial charge in [0.05, 0.1) is 12.5 Å². The van der Waals surface area contributed by atoms with Crippen molar-refractivity contribution in [2.75, 3.05) is 11.9 Å². The fourth-order valence-electron chi connectivity index (χ4n) is 1.73. The minimum absolute atomic E-state index is 0.175. The van der Waals surface area contributed by atoms with Gasteiger partial charge in [-0.3, -0.25) is 4.79 Å². The van der Waals surface area contributed by atoms with Crippen LogP contribution in [0.2, 0.25) is 0 Å². The molecule has 2 unspecified atom stereocenters. The highest BCUT2D eigenvalue weighted by molar-refractivity contribution is 5.90. The Morgan fingerprint density at radius 2 is 1.95 bits per heavy atom. The molecule has 0 radical (unpaired) electrons. The molecule has 0 saturated heterocycles. The number of anilines is 1. The van der Waals surface area contributed by atoms with Gasteiger partial charge in [0, 0.05) is 17.3 Å². The SMILES string of the molecule is CCOC(=O)C(C)C(C)NC(=O)Nc1cccc(C(F)F)c1. The third-order valence-corrected chi connectivity index (χ3v) is 3.16. The van der Waals surface area contributed by atoms with Gasteiger partial charge < -0.3 is 15.4 Å². The van der Waals surface area contributed by atoms with Gasteiger partial charge in [0.2, 0.25) is 0 Å². The zero-order chi connectivity index (χ0) is 16.7. The smallest absolute Gasteiger partial charge is 0.319 e. The minimum Gasteiger partial charge on any atom is -0.466 e. The number of urea groups is 1. The summed E-state index contributed by atoms with van der Waals surface area (Å²) in [6, 6.07) is 4.38. The molecule has 2 atom stereocenters. The number of carbonyl (C=O) groups excluding carboxylic acids is 2. The Balaban J connectivity index is 2.59. The maximum absolute atomic E-state index is 12.6. The van der Waals surface area contributed by atoms with Crippen LogP contribution < -0.4 is 10.6 Å². The first-order chi connectivity index (χ1) is 10.3. The molecule has 0 fully saturated rings. The molecule has 5 nitrogen and oxygen atoms in total. The van der Waals surface area contributed by atoms with Crippen LogP contribution in [0, 0.1) is 5.92 Å². The number of benzene rings is 1. The van der Waals surface area contributed by atoms with Gasteiger partial charge in [-0.2, -0.15) is 0 Å². The summed E-state index contributed by atoms with van der Waals surface area (Å²) < 4.78 is 30.0. The highest BCUT2D eigenvalue weighted by atomic mass is 19.3. The lowest BCUT2D eigenvalue weighted by molar-refractivity contribution is -0.148. The van der Waals surface area contributed by atoms with E-state index in [0.717, 1.165) is 0 Å². The van der Waals surface area contributed by atoms with Gasteiger partial charge in [0.25, 0.3) is 6.43 Å². The molecule has 7 heteroatoms. The fraction of sp³-hybridized carbons (Fsp3) is 0.467. The molecular weight excluding hydrogens is 294 g/mol. The molecule has 0 aromatic heterocycles. The predicted octanol–water partition coefficient (Wildman–Crippen LogP) is 3.33. The number of ether oxygens (including phenoxy) is 1. The van der Waals surface area contributed by atoms with Crippen LogP contribution >= 0.6 is 0 Å². The van der Waals surface area contributed by atoms with Crippen LogP contribution in [0.25, 0.3) is 0 Å². The molecule has 2 N–H and O–H groups in total. The Labute approximate surface area is 128 Å². The van der Waals surface area contributed by atoms with Crippen molar-refractivity contribution in [2.45, 2.75) is 33.2 Å². The van der Waals surface area contributed by atoms with Crippen LogP contribution in [0.15, 0.2) is 24.3 Å². The molecule has 0 aliphatic carbocycles. The van der Waals surface area contributed by atoms with Crippen LogP contribution in [0.4, 0.5) is 19.3 Å². The lowest BCUT2D eigenvalue weighted by Crippen LogP contribution is -2.42. The Morgan fingerprint density at radius 1 is 1.27 bits per heavy atom. The number of rotatable bonds is 6. The van der Waals surface area contributed by atoms with Crippen molar-refractivity contribution in [3.63, 3.8) is 0 Å². The molecule has 0 aliphatic heterocycles. The quantitative estimate of drug-likeness (QED) is 0.791. The molecule has 0 spiro atoms. The first-order valence-electron chi connectivity index (χ1n) is 6.97. The highest BCUT2D eigenvalue weighted by Gasteiger charge is 2.22. The second-order valence-electron chi connectivity index (χ2n) is 4.85. The summed E-state index contributed by atoms with van der Waals surface area (Å²) in [6.45, 7) is 5.27. The van der Waals surface area contributed by atoms with Crippen molar-refractivity contribution in [3.05, 3.63) is 29.8 Å². The molecule has 1 rings (SSSR count). The lowest BCUT2D eigenvalue weighted by atomic mass is 10.0. The van der Waals surface area contributed by atoms with Crippen molar-refractivity contribution in [1.29, 1.82) is 0 Å². The van der Waals surface area contributed by atoms with Crippen molar-refractivity contribution in [1.82, 2.24) is 5.32 Å². The Bertz CT molecular complexity index is 523. The number of carbonyl (C=O) groups is 2. The maximum Gasteiger partial charge on any atom is 0.319 e. The average Bonchev–Trinajstić information content (AvgIpc) is 2.46. The Kier molecular flexibility index (Phi) is 6.75. The Hall–Kier alpha value is -2.18. The number of halogens is 2. The molecule has 1 aromatic rings. The summed E-state index contributed by atoms with van der Waals surface area (Å²) >= 11 is 0. The zero-order valence-corrected chi connectivity index (χ0v) is 12.7. The molecule has 0 aliphatic rings. The van der Waals surface area contributed by atoms with E-state index in [0.29, 0.717) is 0 Å². The number of alkyl halides is 2. The number of amides is 2. The van der Waals surface area contributed by atoms with Crippen molar-refractivity contribution < 1.29 is 23.1 Å². The molecule has 1 aromatic carbocycles. The molecule has 0 saturated carbocycles. The van der Waals surface area contributed by atoms with Crippen LogP contribution in [-0.2, 0) is 9.53 Å². The molecule has 0 heterocycles. The highest BCUT2D eigenvalue weighted by Crippen LogP contribution is 2.21. The van der Waals surface area contributed by atoms with Gasteiger partial charge in [-0.15, -0.1) is 0 Å². The van der Waals surface area contributed by atoms with Gasteiger partial charge in [-0.1, -0.05) is 12.1 Å². The normalized spacial score (nSPS) is 13.4. The first kappa shape index (κ1) is 17.9. The summed E-state index contributed by atoms with van der Waals surface area (Å²) in [7, 11) is 0. The van der Waals surface area contributed by atoms with Gasteiger partial charge >= 0.3 is 12.0 Å². The number of esters is 1. The summed E-state index contributed by atoms with van der Waals surface area (Å²) in [5.41, 5.74) is 0.0806. The predicted molar refractivity (Wildman–Crippen MR) is 78.8 cm³/mol. The molecule has 0 bridgehead atoms. The summed E-state index contributed by atoms with van der Waals surface area (Å²) in [5.74, 6) is -0.923. The lowest BCUT2D eigenvalue weighted by Gasteiger charge is -2.20. The van der Waals surface area contributed by atoms with E-state index in [2.05, 4.69) is 10.6 Å². The van der Waals surface area contributed by atoms with E-state index in [1.54, 1.807) is 20.8 Å². The van der Waals surface area contributed by atoms with Gasteiger partial charge in [0.1, 0.15) is 0 Å². The second kappa shape index (κ2) is 8.31. The summed E-state index contributed by atoms with van der Waals surface area (Å²) in [4.78, 5) is 23.4. The standard InChI is InChI=1S/C15H20F2N2O3/c1-4-22-14(20)9(2)10(3)18-15(21)19-12-7-5-6-11(8-12)13(16)17/h5-10,13H,4H2,1-3H3,(H2,18,19,21). The maximum atomic E-state index is 12.6. The largest absolute Gasteiger partial charge is 0.466 e.